The number of methoxy groups -OCH3 is 1. The minimum absolute atomic E-state index is 0.00687. The van der Waals surface area contributed by atoms with Gasteiger partial charge in [-0.25, -0.2) is 18.7 Å². The van der Waals surface area contributed by atoms with E-state index in [2.05, 4.69) is 9.84 Å². The van der Waals surface area contributed by atoms with E-state index in [0.717, 1.165) is 0 Å². The SMILES string of the molecule is COC(=O)c1cccc(COC(=O)c2ccn(-c3ccc(F)cc3)n2)c1. The highest BCUT2D eigenvalue weighted by molar-refractivity contribution is 5.89. The number of hydrogen-bond acceptors (Lipinski definition) is 5. The molecule has 0 amide bonds. The third-order valence-electron chi connectivity index (χ3n) is 3.61. The molecule has 0 aliphatic carbocycles. The van der Waals surface area contributed by atoms with Gasteiger partial charge >= 0.3 is 11.9 Å². The van der Waals surface area contributed by atoms with E-state index in [1.807, 2.05) is 0 Å². The molecule has 0 saturated heterocycles. The zero-order valence-corrected chi connectivity index (χ0v) is 13.9. The Kier molecular flexibility index (Phi) is 5.07. The van der Waals surface area contributed by atoms with Crippen LogP contribution in [0.15, 0.2) is 60.8 Å². The lowest BCUT2D eigenvalue weighted by Crippen LogP contribution is -2.08. The number of carbonyl (C=O) groups is 2. The van der Waals surface area contributed by atoms with Crippen molar-refractivity contribution in [3.8, 4) is 5.69 Å². The maximum absolute atomic E-state index is 13.0. The van der Waals surface area contributed by atoms with Crippen LogP contribution in [0.3, 0.4) is 0 Å². The van der Waals surface area contributed by atoms with Gasteiger partial charge in [-0.2, -0.15) is 5.10 Å². The summed E-state index contributed by atoms with van der Waals surface area (Å²) >= 11 is 0. The first-order valence-corrected chi connectivity index (χ1v) is 7.73. The van der Waals surface area contributed by atoms with Crippen molar-refractivity contribution in [2.24, 2.45) is 0 Å². The van der Waals surface area contributed by atoms with Gasteiger partial charge in [0.05, 0.1) is 18.4 Å². The Hall–Kier alpha value is -3.48. The fourth-order valence-electron chi connectivity index (χ4n) is 2.30. The highest BCUT2D eigenvalue weighted by atomic mass is 19.1. The molecule has 0 radical (unpaired) electrons. The predicted octanol–water partition coefficient (Wildman–Crippen LogP) is 3.16. The molecule has 0 fully saturated rings. The summed E-state index contributed by atoms with van der Waals surface area (Å²) < 4.78 is 24.3. The van der Waals surface area contributed by atoms with Crippen molar-refractivity contribution < 1.29 is 23.5 Å². The predicted molar refractivity (Wildman–Crippen MR) is 90.4 cm³/mol. The molecular formula is C19H15FN2O4. The molecule has 3 rings (SSSR count). The van der Waals surface area contributed by atoms with Gasteiger partial charge in [-0.15, -0.1) is 0 Å². The normalized spacial score (nSPS) is 10.4. The molecule has 1 aromatic heterocycles. The Morgan fingerprint density at radius 3 is 2.58 bits per heavy atom. The second kappa shape index (κ2) is 7.60. The number of aromatic nitrogens is 2. The van der Waals surface area contributed by atoms with E-state index < -0.39 is 11.9 Å². The molecule has 0 spiro atoms. The Balaban J connectivity index is 1.66. The van der Waals surface area contributed by atoms with Crippen LogP contribution < -0.4 is 0 Å². The molecule has 0 saturated carbocycles. The van der Waals surface area contributed by atoms with Gasteiger partial charge < -0.3 is 9.47 Å². The van der Waals surface area contributed by atoms with Crippen LogP contribution in [-0.2, 0) is 16.1 Å². The van der Waals surface area contributed by atoms with Gasteiger partial charge in [-0.05, 0) is 48.0 Å². The fraction of sp³-hybridized carbons (Fsp3) is 0.105. The number of ether oxygens (including phenoxy) is 2. The Morgan fingerprint density at radius 1 is 1.08 bits per heavy atom. The number of benzene rings is 2. The van der Waals surface area contributed by atoms with Crippen molar-refractivity contribution in [1.29, 1.82) is 0 Å². The van der Waals surface area contributed by atoms with Crippen LogP contribution in [0.2, 0.25) is 0 Å². The number of rotatable bonds is 5. The van der Waals surface area contributed by atoms with Crippen LogP contribution in [-0.4, -0.2) is 28.8 Å². The molecule has 6 nitrogen and oxygen atoms in total. The van der Waals surface area contributed by atoms with E-state index in [-0.39, 0.29) is 18.1 Å². The zero-order chi connectivity index (χ0) is 18.5. The van der Waals surface area contributed by atoms with Crippen molar-refractivity contribution in [3.63, 3.8) is 0 Å². The van der Waals surface area contributed by atoms with Crippen molar-refractivity contribution >= 4 is 11.9 Å². The first-order chi connectivity index (χ1) is 12.6. The third kappa shape index (κ3) is 3.94. The summed E-state index contributed by atoms with van der Waals surface area (Å²) in [6.07, 6.45) is 1.59. The number of nitrogens with zero attached hydrogens (tertiary/aromatic N) is 2. The molecule has 26 heavy (non-hydrogen) atoms. The standard InChI is InChI=1S/C19H15FN2O4/c1-25-18(23)14-4-2-3-13(11-14)12-26-19(24)17-9-10-22(21-17)16-7-5-15(20)6-8-16/h2-11H,12H2,1H3. The zero-order valence-electron chi connectivity index (χ0n) is 13.9. The molecule has 2 aromatic carbocycles. The fourth-order valence-corrected chi connectivity index (χ4v) is 2.30. The summed E-state index contributed by atoms with van der Waals surface area (Å²) in [5.74, 6) is -1.42. The molecule has 7 heteroatoms. The van der Waals surface area contributed by atoms with E-state index >= 15 is 0 Å². The molecule has 3 aromatic rings. The molecule has 0 aliphatic heterocycles. The largest absolute Gasteiger partial charge is 0.465 e. The topological polar surface area (TPSA) is 70.4 Å². The van der Waals surface area contributed by atoms with Crippen molar-refractivity contribution in [1.82, 2.24) is 9.78 Å². The Bertz CT molecular complexity index is 935. The van der Waals surface area contributed by atoms with Crippen LogP contribution in [0.5, 0.6) is 0 Å². The average Bonchev–Trinajstić information content (AvgIpc) is 3.16. The quantitative estimate of drug-likeness (QED) is 0.658. The average molecular weight is 354 g/mol. The monoisotopic (exact) mass is 354 g/mol. The lowest BCUT2D eigenvalue weighted by Gasteiger charge is -2.05. The summed E-state index contributed by atoms with van der Waals surface area (Å²) in [4.78, 5) is 23.7. The minimum atomic E-state index is -0.602. The molecule has 0 atom stereocenters. The number of carbonyl (C=O) groups excluding carboxylic acids is 2. The smallest absolute Gasteiger partial charge is 0.359 e. The van der Waals surface area contributed by atoms with Crippen LogP contribution >= 0.6 is 0 Å². The third-order valence-corrected chi connectivity index (χ3v) is 3.61. The van der Waals surface area contributed by atoms with Gasteiger partial charge in [0.1, 0.15) is 12.4 Å². The lowest BCUT2D eigenvalue weighted by molar-refractivity contribution is 0.0465. The van der Waals surface area contributed by atoms with Crippen molar-refractivity contribution in [2.45, 2.75) is 6.61 Å². The van der Waals surface area contributed by atoms with Crippen molar-refractivity contribution in [3.05, 3.63) is 83.4 Å². The summed E-state index contributed by atoms with van der Waals surface area (Å²) in [5.41, 5.74) is 1.77. The first-order valence-electron chi connectivity index (χ1n) is 7.73. The number of halogens is 1. The molecule has 132 valence electrons. The molecular weight excluding hydrogens is 339 g/mol. The second-order valence-corrected chi connectivity index (χ2v) is 5.39. The van der Waals surface area contributed by atoms with Crippen LogP contribution in [0, 0.1) is 5.82 Å². The highest BCUT2D eigenvalue weighted by Crippen LogP contribution is 2.12. The van der Waals surface area contributed by atoms with Gasteiger partial charge in [0, 0.05) is 6.20 Å². The molecule has 0 unspecified atom stereocenters. The maximum atomic E-state index is 13.0. The van der Waals surface area contributed by atoms with E-state index in [1.54, 1.807) is 42.6 Å². The molecule has 0 aliphatic rings. The van der Waals surface area contributed by atoms with E-state index in [4.69, 9.17) is 4.74 Å². The van der Waals surface area contributed by atoms with Crippen LogP contribution in [0.1, 0.15) is 26.4 Å². The highest BCUT2D eigenvalue weighted by Gasteiger charge is 2.13. The van der Waals surface area contributed by atoms with Gasteiger partial charge in [0.15, 0.2) is 5.69 Å². The summed E-state index contributed by atoms with van der Waals surface area (Å²) in [6, 6.07) is 13.8. The maximum Gasteiger partial charge on any atom is 0.359 e. The second-order valence-electron chi connectivity index (χ2n) is 5.39. The molecule has 0 N–H and O–H groups in total. The van der Waals surface area contributed by atoms with E-state index in [9.17, 15) is 14.0 Å². The Morgan fingerprint density at radius 2 is 1.85 bits per heavy atom. The van der Waals surface area contributed by atoms with E-state index in [0.29, 0.717) is 16.8 Å². The summed E-state index contributed by atoms with van der Waals surface area (Å²) in [6.45, 7) is -0.00687. The molecule has 0 bridgehead atoms. The van der Waals surface area contributed by atoms with Crippen molar-refractivity contribution in [2.75, 3.05) is 7.11 Å². The van der Waals surface area contributed by atoms with E-state index in [1.165, 1.54) is 30.0 Å². The van der Waals surface area contributed by atoms with Gasteiger partial charge in [0.2, 0.25) is 0 Å². The van der Waals surface area contributed by atoms with Gasteiger partial charge in [-0.3, -0.25) is 0 Å². The number of hydrogen-bond donors (Lipinski definition) is 0. The minimum Gasteiger partial charge on any atom is -0.465 e. The van der Waals surface area contributed by atoms with Gasteiger partial charge in [-0.1, -0.05) is 12.1 Å². The van der Waals surface area contributed by atoms with Crippen LogP contribution in [0.25, 0.3) is 5.69 Å². The molecule has 1 heterocycles. The first kappa shape index (κ1) is 17.3. The summed E-state index contributed by atoms with van der Waals surface area (Å²) in [7, 11) is 1.30. The lowest BCUT2D eigenvalue weighted by atomic mass is 10.1. The Labute approximate surface area is 148 Å². The number of esters is 2. The van der Waals surface area contributed by atoms with Gasteiger partial charge in [0.25, 0.3) is 0 Å². The van der Waals surface area contributed by atoms with Crippen LogP contribution in [0.4, 0.5) is 4.39 Å². The summed E-state index contributed by atoms with van der Waals surface area (Å²) in [5, 5.41) is 4.13.